The Morgan fingerprint density at radius 2 is 1.93 bits per heavy atom. The van der Waals surface area contributed by atoms with E-state index in [0.717, 1.165) is 25.2 Å². The first kappa shape index (κ1) is 9.74. The lowest BCUT2D eigenvalue weighted by Gasteiger charge is -2.42. The van der Waals surface area contributed by atoms with Crippen molar-refractivity contribution in [1.29, 1.82) is 0 Å². The van der Waals surface area contributed by atoms with Crippen LogP contribution < -0.4 is 11.5 Å². The summed E-state index contributed by atoms with van der Waals surface area (Å²) < 4.78 is 0. The summed E-state index contributed by atoms with van der Waals surface area (Å²) in [6, 6.07) is 0. The van der Waals surface area contributed by atoms with Crippen LogP contribution in [0, 0.1) is 0 Å². The molecule has 1 atom stereocenters. The van der Waals surface area contributed by atoms with Crippen LogP contribution in [-0.4, -0.2) is 23.7 Å². The molecule has 0 spiro atoms. The van der Waals surface area contributed by atoms with Crippen LogP contribution in [0.2, 0.25) is 0 Å². The maximum atomic E-state index is 6.34. The number of nitrogens with zero attached hydrogens (tertiary/aromatic N) is 1. The third-order valence-electron chi connectivity index (χ3n) is 3.13. The van der Waals surface area contributed by atoms with Crippen molar-refractivity contribution in [2.75, 3.05) is 13.1 Å². The molecule has 3 nitrogen and oxygen atoms in total. The van der Waals surface area contributed by atoms with Crippen LogP contribution >= 0.6 is 0 Å². The van der Waals surface area contributed by atoms with Gasteiger partial charge in [0, 0.05) is 25.2 Å². The second-order valence-corrected chi connectivity index (χ2v) is 4.32. The molecular weight excluding hydrogens is 174 g/mol. The van der Waals surface area contributed by atoms with Gasteiger partial charge in [-0.3, -0.25) is 4.90 Å². The van der Waals surface area contributed by atoms with Crippen LogP contribution in [0.15, 0.2) is 23.9 Å². The number of hydrogen-bond donors (Lipinski definition) is 2. The summed E-state index contributed by atoms with van der Waals surface area (Å²) in [5.74, 6) is 0. The van der Waals surface area contributed by atoms with E-state index in [0.29, 0.717) is 0 Å². The van der Waals surface area contributed by atoms with Crippen LogP contribution in [0.4, 0.5) is 0 Å². The number of piperidine rings is 1. The Morgan fingerprint density at radius 3 is 2.57 bits per heavy atom. The second-order valence-electron chi connectivity index (χ2n) is 4.32. The largest absolute Gasteiger partial charge is 0.402 e. The molecule has 0 aromatic rings. The average molecular weight is 193 g/mol. The third-order valence-corrected chi connectivity index (χ3v) is 3.13. The zero-order chi connectivity index (χ0) is 10.0. The molecule has 1 fully saturated rings. The van der Waals surface area contributed by atoms with Crippen molar-refractivity contribution in [2.24, 2.45) is 11.5 Å². The van der Waals surface area contributed by atoms with Gasteiger partial charge in [0.25, 0.3) is 0 Å². The zero-order valence-electron chi connectivity index (χ0n) is 8.58. The van der Waals surface area contributed by atoms with Crippen LogP contribution in [0.1, 0.15) is 25.7 Å². The van der Waals surface area contributed by atoms with Crippen molar-refractivity contribution >= 4 is 0 Å². The number of rotatable bonds is 1. The van der Waals surface area contributed by atoms with Crippen molar-refractivity contribution in [3.8, 4) is 0 Å². The molecule has 1 aliphatic heterocycles. The summed E-state index contributed by atoms with van der Waals surface area (Å²) in [5.41, 5.74) is 12.7. The highest BCUT2D eigenvalue weighted by Gasteiger charge is 2.32. The highest BCUT2D eigenvalue weighted by Crippen LogP contribution is 2.25. The summed E-state index contributed by atoms with van der Waals surface area (Å²) >= 11 is 0. The molecule has 0 saturated carbocycles. The van der Waals surface area contributed by atoms with Gasteiger partial charge >= 0.3 is 0 Å². The Balaban J connectivity index is 2.08. The van der Waals surface area contributed by atoms with E-state index in [1.807, 2.05) is 12.2 Å². The predicted molar refractivity (Wildman–Crippen MR) is 58.4 cm³/mol. The maximum absolute atomic E-state index is 6.34. The predicted octanol–water partition coefficient (Wildman–Crippen LogP) is 0.930. The zero-order valence-corrected chi connectivity index (χ0v) is 8.58. The lowest BCUT2D eigenvalue weighted by Crippen LogP contribution is -2.57. The van der Waals surface area contributed by atoms with E-state index < -0.39 is 0 Å². The number of hydrogen-bond acceptors (Lipinski definition) is 3. The minimum Gasteiger partial charge on any atom is -0.402 e. The fourth-order valence-corrected chi connectivity index (χ4v) is 2.31. The first-order valence-electron chi connectivity index (χ1n) is 5.38. The smallest absolute Gasteiger partial charge is 0.0937 e. The van der Waals surface area contributed by atoms with Crippen molar-refractivity contribution in [1.82, 2.24) is 4.90 Å². The molecule has 14 heavy (non-hydrogen) atoms. The van der Waals surface area contributed by atoms with Gasteiger partial charge < -0.3 is 11.5 Å². The molecule has 0 amide bonds. The molecule has 1 heterocycles. The Labute approximate surface area is 85.4 Å². The average Bonchev–Trinajstić information content (AvgIpc) is 2.19. The maximum Gasteiger partial charge on any atom is 0.0937 e. The lowest BCUT2D eigenvalue weighted by molar-refractivity contribution is 0.107. The van der Waals surface area contributed by atoms with Crippen LogP contribution in [0.5, 0.6) is 0 Å². The Bertz CT molecular complexity index is 264. The van der Waals surface area contributed by atoms with Gasteiger partial charge in [-0.15, -0.1) is 0 Å². The fraction of sp³-hybridized carbons (Fsp3) is 0.636. The monoisotopic (exact) mass is 193 g/mol. The lowest BCUT2D eigenvalue weighted by atomic mass is 9.95. The molecule has 0 aromatic heterocycles. The molecule has 2 aliphatic rings. The molecule has 3 heteroatoms. The van der Waals surface area contributed by atoms with Gasteiger partial charge in [-0.2, -0.15) is 0 Å². The van der Waals surface area contributed by atoms with Crippen molar-refractivity contribution < 1.29 is 0 Å². The molecule has 4 N–H and O–H groups in total. The highest BCUT2D eigenvalue weighted by atomic mass is 15.3. The topological polar surface area (TPSA) is 55.3 Å². The standard InChI is InChI=1S/C11H19N3/c12-10-5-4-6-11(13,9-10)14-7-2-1-3-8-14/h4-6H,1-3,7-9,12-13H2. The normalized spacial score (nSPS) is 34.2. The first-order chi connectivity index (χ1) is 6.71. The van der Waals surface area contributed by atoms with Gasteiger partial charge in [-0.05, 0) is 25.0 Å². The minimum absolute atomic E-state index is 0.320. The van der Waals surface area contributed by atoms with Crippen LogP contribution in [0.3, 0.4) is 0 Å². The van der Waals surface area contributed by atoms with Crippen molar-refractivity contribution in [2.45, 2.75) is 31.3 Å². The Hall–Kier alpha value is -0.800. The summed E-state index contributed by atoms with van der Waals surface area (Å²) in [7, 11) is 0. The van der Waals surface area contributed by atoms with Gasteiger partial charge in [-0.1, -0.05) is 12.5 Å². The van der Waals surface area contributed by atoms with Gasteiger partial charge in [0.15, 0.2) is 0 Å². The molecular formula is C11H19N3. The van der Waals surface area contributed by atoms with E-state index in [9.17, 15) is 0 Å². The molecule has 1 saturated heterocycles. The number of likely N-dealkylation sites (tertiary alicyclic amines) is 1. The quantitative estimate of drug-likeness (QED) is 0.651. The molecule has 0 bridgehead atoms. The highest BCUT2D eigenvalue weighted by molar-refractivity contribution is 5.24. The molecule has 78 valence electrons. The molecule has 0 aromatic carbocycles. The van der Waals surface area contributed by atoms with E-state index in [-0.39, 0.29) is 5.66 Å². The van der Waals surface area contributed by atoms with Gasteiger partial charge in [0.1, 0.15) is 0 Å². The van der Waals surface area contributed by atoms with E-state index in [1.54, 1.807) is 0 Å². The molecule has 0 radical (unpaired) electrons. The second kappa shape index (κ2) is 3.75. The van der Waals surface area contributed by atoms with E-state index >= 15 is 0 Å². The summed E-state index contributed by atoms with van der Waals surface area (Å²) in [6.07, 6.45) is 10.6. The Kier molecular flexibility index (Phi) is 2.61. The minimum atomic E-state index is -0.320. The third kappa shape index (κ3) is 1.83. The summed E-state index contributed by atoms with van der Waals surface area (Å²) in [5, 5.41) is 0. The van der Waals surface area contributed by atoms with Crippen molar-refractivity contribution in [3.63, 3.8) is 0 Å². The van der Waals surface area contributed by atoms with Crippen molar-refractivity contribution in [3.05, 3.63) is 23.9 Å². The SMILES string of the molecule is NC1=CC=CC(N)(N2CCCCC2)C1. The first-order valence-corrected chi connectivity index (χ1v) is 5.38. The van der Waals surface area contributed by atoms with Gasteiger partial charge in [-0.25, -0.2) is 0 Å². The molecule has 2 rings (SSSR count). The molecule has 1 unspecified atom stereocenters. The summed E-state index contributed by atoms with van der Waals surface area (Å²) in [6.45, 7) is 2.21. The van der Waals surface area contributed by atoms with E-state index in [2.05, 4.69) is 11.0 Å². The van der Waals surface area contributed by atoms with Crippen LogP contribution in [0.25, 0.3) is 0 Å². The van der Waals surface area contributed by atoms with Crippen LogP contribution in [-0.2, 0) is 0 Å². The van der Waals surface area contributed by atoms with Gasteiger partial charge in [0.2, 0.25) is 0 Å². The number of allylic oxidation sites excluding steroid dienone is 2. The van der Waals surface area contributed by atoms with Gasteiger partial charge in [0.05, 0.1) is 5.66 Å². The molecule has 1 aliphatic carbocycles. The Morgan fingerprint density at radius 1 is 1.21 bits per heavy atom. The fourth-order valence-electron chi connectivity index (χ4n) is 2.31. The van der Waals surface area contributed by atoms with E-state index in [4.69, 9.17) is 11.5 Å². The summed E-state index contributed by atoms with van der Waals surface area (Å²) in [4.78, 5) is 2.35. The number of nitrogens with two attached hydrogens (primary N) is 2. The van der Waals surface area contributed by atoms with E-state index in [1.165, 1.54) is 19.3 Å².